The highest BCUT2D eigenvalue weighted by atomic mass is 19.1. The van der Waals surface area contributed by atoms with Gasteiger partial charge in [-0.1, -0.05) is 52.0 Å². The van der Waals surface area contributed by atoms with Gasteiger partial charge in [0, 0.05) is 167 Å². The zero-order valence-corrected chi connectivity index (χ0v) is 49.7. The van der Waals surface area contributed by atoms with Crippen LogP contribution in [0.15, 0.2) is 88.5 Å². The molecule has 5 aromatic rings. The van der Waals surface area contributed by atoms with E-state index in [1.807, 2.05) is 49.6 Å². The Morgan fingerprint density at radius 2 is 0.988 bits per heavy atom. The third kappa shape index (κ3) is 14.4. The number of benzene rings is 3. The molecule has 2 aromatic heterocycles. The smallest absolute Gasteiger partial charge is 0.251 e. The van der Waals surface area contributed by atoms with E-state index in [1.165, 1.54) is 36.4 Å². The van der Waals surface area contributed by atoms with Crippen molar-refractivity contribution in [3.05, 3.63) is 151 Å². The monoisotopic (exact) mass is 1170 g/mol. The molecule has 4 N–H and O–H groups in total. The fourth-order valence-electron chi connectivity index (χ4n) is 13.2. The molecule has 6 atom stereocenters. The molecular formula is C64H81F3N10O8. The Morgan fingerprint density at radius 3 is 1.40 bits per heavy atom. The van der Waals surface area contributed by atoms with Crippen LogP contribution in [0.2, 0.25) is 0 Å². The second kappa shape index (κ2) is 25.5. The Balaban J connectivity index is 0.659. The first kappa shape index (κ1) is 60.3. The number of carbonyl (C=O) groups excluding carboxylic acids is 2. The summed E-state index contributed by atoms with van der Waals surface area (Å²) in [5, 5.41) is 7.22. The van der Waals surface area contributed by atoms with Gasteiger partial charge in [-0.3, -0.25) is 38.8 Å². The first-order chi connectivity index (χ1) is 40.7. The van der Waals surface area contributed by atoms with Crippen LogP contribution in [0.25, 0.3) is 0 Å². The Labute approximate surface area is 494 Å². The first-order valence-electron chi connectivity index (χ1n) is 30.0. The number of H-pyrrole nitrogens is 2. The highest BCUT2D eigenvalue weighted by Crippen LogP contribution is 2.41. The van der Waals surface area contributed by atoms with Gasteiger partial charge in [0.05, 0.1) is 37.7 Å². The van der Waals surface area contributed by atoms with Crippen LogP contribution in [0.4, 0.5) is 24.5 Å². The van der Waals surface area contributed by atoms with Gasteiger partial charge >= 0.3 is 0 Å². The number of anilines is 2. The van der Waals surface area contributed by atoms with Crippen LogP contribution >= 0.6 is 0 Å². The predicted octanol–water partition coefficient (Wildman–Crippen LogP) is 4.79. The van der Waals surface area contributed by atoms with Crippen LogP contribution < -0.4 is 41.0 Å². The minimum absolute atomic E-state index is 0.0289. The number of halogens is 3. The number of hydrogen-bond acceptors (Lipinski definition) is 14. The molecule has 85 heavy (non-hydrogen) atoms. The lowest BCUT2D eigenvalue weighted by molar-refractivity contribution is -0.121. The van der Waals surface area contributed by atoms with Crippen molar-refractivity contribution in [3.8, 4) is 11.5 Å². The van der Waals surface area contributed by atoms with E-state index in [2.05, 4.69) is 54.0 Å². The molecule has 0 saturated carbocycles. The van der Waals surface area contributed by atoms with Gasteiger partial charge in [0.25, 0.3) is 11.1 Å². The summed E-state index contributed by atoms with van der Waals surface area (Å²) in [7, 11) is 0. The summed E-state index contributed by atoms with van der Waals surface area (Å²) in [6.45, 7) is 21.7. The molecule has 0 unspecified atom stereocenters. The molecule has 0 aliphatic carbocycles. The zero-order valence-electron chi connectivity index (χ0n) is 49.7. The number of aromatic amines is 2. The van der Waals surface area contributed by atoms with Crippen LogP contribution in [0, 0.1) is 17.5 Å². The predicted molar refractivity (Wildman–Crippen MR) is 319 cm³/mol. The minimum Gasteiger partial charge on any atom is -0.491 e. The number of amides is 2. The Kier molecular flexibility index (Phi) is 18.1. The topological polar surface area (TPSA) is 180 Å². The lowest BCUT2D eigenvalue weighted by Crippen LogP contribution is -2.61. The van der Waals surface area contributed by atoms with Gasteiger partial charge in [0.1, 0.15) is 54.4 Å². The van der Waals surface area contributed by atoms with Gasteiger partial charge in [-0.15, -0.1) is 0 Å². The van der Waals surface area contributed by atoms with Crippen molar-refractivity contribution in [1.82, 2.24) is 40.2 Å². The molecule has 8 heterocycles. The van der Waals surface area contributed by atoms with E-state index in [4.69, 9.17) is 18.9 Å². The number of piperazine rings is 2. The normalized spacial score (nSPS) is 24.5. The molecule has 4 saturated heterocycles. The third-order valence-electron chi connectivity index (χ3n) is 17.7. The molecule has 21 heteroatoms. The number of pyridine rings is 2. The molecule has 0 spiro atoms. The maximum absolute atomic E-state index is 15.2. The molecule has 2 amide bonds. The number of ether oxygens (including phenoxy) is 4. The number of morpholine rings is 2. The van der Waals surface area contributed by atoms with E-state index >= 15 is 4.39 Å². The molecule has 4 fully saturated rings. The van der Waals surface area contributed by atoms with E-state index in [-0.39, 0.29) is 97.2 Å². The van der Waals surface area contributed by atoms with Crippen molar-refractivity contribution in [2.24, 2.45) is 0 Å². The Bertz CT molecular complexity index is 3110. The second-order valence-corrected chi connectivity index (χ2v) is 25.6. The molecule has 6 aliphatic heterocycles. The summed E-state index contributed by atoms with van der Waals surface area (Å²) in [4.78, 5) is 74.4. The second-order valence-electron chi connectivity index (χ2n) is 25.6. The Hall–Kier alpha value is -6.43. The Morgan fingerprint density at radius 1 is 0.576 bits per heavy atom. The number of hydrogen-bond donors (Lipinski definition) is 4. The average Bonchev–Trinajstić information content (AvgIpc) is 2.10. The molecule has 456 valence electrons. The van der Waals surface area contributed by atoms with Crippen molar-refractivity contribution in [2.75, 3.05) is 128 Å². The maximum atomic E-state index is 15.2. The largest absolute Gasteiger partial charge is 0.491 e. The number of nitrogens with one attached hydrogen (secondary N) is 4. The number of fused-ring (bicyclic) bond motifs is 2. The number of rotatable bonds is 18. The summed E-state index contributed by atoms with van der Waals surface area (Å²) in [6.07, 6.45) is 0.0461. The molecule has 6 aliphatic rings. The van der Waals surface area contributed by atoms with E-state index in [9.17, 15) is 28.0 Å². The van der Waals surface area contributed by atoms with Gasteiger partial charge in [-0.25, -0.2) is 13.2 Å². The molecule has 0 radical (unpaired) electrons. The van der Waals surface area contributed by atoms with Crippen molar-refractivity contribution in [1.29, 1.82) is 0 Å². The number of aromatic nitrogens is 2. The summed E-state index contributed by atoms with van der Waals surface area (Å²) in [5.74, 6) is -0.619. The van der Waals surface area contributed by atoms with Crippen molar-refractivity contribution in [2.45, 2.75) is 102 Å². The molecule has 0 bridgehead atoms. The first-order valence-corrected chi connectivity index (χ1v) is 30.0. The van der Waals surface area contributed by atoms with Crippen LogP contribution in [0.1, 0.15) is 75.2 Å². The van der Waals surface area contributed by atoms with Crippen molar-refractivity contribution < 1.29 is 41.7 Å². The average molecular weight is 1180 g/mol. The standard InChI is InChI=1S/C64H81F3N10O8/c1-40-28-74(34-57(78)76-38-63(3,4)59-55(76)21-44(61(80)70-59)19-42-7-11-46(65)12-8-42)49(26-68-40)30-72-15-17-82-53(32-72)36-84-51-23-48(67)24-52(25-51)85-37-54-33-73(16-18-83-54)31-50-27-69-41(2)29-75(50)35-58(79)77-39-64(5,6)60-56(77)22-45(62(81)71-60)20-43-9-13-47(66)14-10-43/h7-14,21-25,40-41,49-50,53-54,68-69H,15-20,26-39H2,1-6H3,(H,70,80)(H,71,81)/t40-,41-,49-,50-,53+,54+/m1/s1. The van der Waals surface area contributed by atoms with Gasteiger partial charge < -0.3 is 49.3 Å². The van der Waals surface area contributed by atoms with Crippen LogP contribution in [0.3, 0.4) is 0 Å². The fourth-order valence-corrected chi connectivity index (χ4v) is 13.2. The zero-order chi connectivity index (χ0) is 59.7. The molecule has 18 nitrogen and oxygen atoms in total. The minimum atomic E-state index is -0.494. The van der Waals surface area contributed by atoms with Gasteiger partial charge in [0.15, 0.2) is 0 Å². The van der Waals surface area contributed by atoms with Crippen molar-refractivity contribution >= 4 is 23.2 Å². The summed E-state index contributed by atoms with van der Waals surface area (Å²) in [6, 6.07) is 20.6. The van der Waals surface area contributed by atoms with E-state index < -0.39 is 16.6 Å². The van der Waals surface area contributed by atoms with E-state index in [1.54, 1.807) is 30.3 Å². The van der Waals surface area contributed by atoms with Gasteiger partial charge in [0.2, 0.25) is 11.8 Å². The highest BCUT2D eigenvalue weighted by molar-refractivity contribution is 5.98. The van der Waals surface area contributed by atoms with Crippen molar-refractivity contribution in [3.63, 3.8) is 0 Å². The lowest BCUT2D eigenvalue weighted by atomic mass is 9.91. The number of carbonyl (C=O) groups is 2. The quantitative estimate of drug-likeness (QED) is 0.0941. The summed E-state index contributed by atoms with van der Waals surface area (Å²) < 4.78 is 67.3. The van der Waals surface area contributed by atoms with E-state index in [0.29, 0.717) is 139 Å². The molecule has 3 aromatic carbocycles. The fraction of sp³-hybridized carbons (Fsp3) is 0.531. The highest BCUT2D eigenvalue weighted by Gasteiger charge is 2.43. The summed E-state index contributed by atoms with van der Waals surface area (Å²) >= 11 is 0. The third-order valence-corrected chi connectivity index (χ3v) is 17.7. The van der Waals surface area contributed by atoms with Crippen LogP contribution in [-0.4, -0.2) is 196 Å². The molecule has 11 rings (SSSR count). The van der Waals surface area contributed by atoms with E-state index in [0.717, 1.165) is 22.5 Å². The van der Waals surface area contributed by atoms with Gasteiger partial charge in [-0.05, 0) is 61.4 Å². The maximum Gasteiger partial charge on any atom is 0.251 e. The van der Waals surface area contributed by atoms with Crippen LogP contribution in [0.5, 0.6) is 11.5 Å². The lowest BCUT2D eigenvalue weighted by Gasteiger charge is -2.43. The van der Waals surface area contributed by atoms with Gasteiger partial charge in [-0.2, -0.15) is 0 Å². The SMILES string of the molecule is C[C@@H]1CN(CC(=O)N2CC(C)(C)c3[nH]c(=O)c(Cc4ccc(F)cc4)cc32)[C@@H](CN2CCO[C@H](COc3cc(F)cc(OC[C@@H]4CN(C[C@H]5CN[C@H](C)CN5CC(=O)N5CC(C)(C)c6[nH]c(=O)c(Cc7ccc(F)cc7)cc65)CCO4)c3)C2)CN1. The van der Waals surface area contributed by atoms with Crippen LogP contribution in [-0.2, 0) is 42.7 Å². The molecular weight excluding hydrogens is 1090 g/mol. The number of nitrogens with zero attached hydrogens (tertiary/aromatic N) is 6. The summed E-state index contributed by atoms with van der Waals surface area (Å²) in [5.41, 5.74) is 4.16.